The molecule has 3 aromatic heterocycles. The quantitative estimate of drug-likeness (QED) is 0.242. The molecule has 10 nitrogen and oxygen atoms in total. The van der Waals surface area contributed by atoms with Gasteiger partial charge in [0.15, 0.2) is 11.0 Å². The maximum atomic E-state index is 12.7. The molecule has 0 fully saturated rings. The second-order valence-electron chi connectivity index (χ2n) is 6.77. The van der Waals surface area contributed by atoms with Crippen molar-refractivity contribution in [2.45, 2.75) is 23.9 Å². The number of hydrogen-bond donors (Lipinski definition) is 1. The van der Waals surface area contributed by atoms with Gasteiger partial charge in [-0.1, -0.05) is 17.8 Å². The second-order valence-corrected chi connectivity index (χ2v) is 8.08. The van der Waals surface area contributed by atoms with Gasteiger partial charge in [0, 0.05) is 35.8 Å². The highest BCUT2D eigenvalue weighted by Crippen LogP contribution is 2.28. The predicted molar refractivity (Wildman–Crippen MR) is 118 cm³/mol. The van der Waals surface area contributed by atoms with Crippen LogP contribution < -0.4 is 5.32 Å². The lowest BCUT2D eigenvalue weighted by Gasteiger charge is -2.13. The summed E-state index contributed by atoms with van der Waals surface area (Å²) < 4.78 is 7.34. The Balaban J connectivity index is 1.55. The highest BCUT2D eigenvalue weighted by Gasteiger charge is 2.22. The Bertz CT molecular complexity index is 1230. The lowest BCUT2D eigenvalue weighted by Crippen LogP contribution is -2.23. The van der Waals surface area contributed by atoms with Gasteiger partial charge in [-0.05, 0) is 37.3 Å². The number of thioether (sulfide) groups is 1. The number of rotatable bonds is 8. The Labute approximate surface area is 186 Å². The molecule has 162 valence electrons. The molecule has 0 radical (unpaired) electrons. The fraction of sp³-hybridized carbons (Fsp3) is 0.143. The van der Waals surface area contributed by atoms with Gasteiger partial charge in [-0.25, -0.2) is 0 Å². The Morgan fingerprint density at radius 2 is 2.12 bits per heavy atom. The summed E-state index contributed by atoms with van der Waals surface area (Å²) in [5, 5.41) is 22.2. The average Bonchev–Trinajstić information content (AvgIpc) is 3.45. The molecule has 1 amide bonds. The van der Waals surface area contributed by atoms with E-state index in [1.807, 2.05) is 22.8 Å². The summed E-state index contributed by atoms with van der Waals surface area (Å²) >= 11 is 1.23. The van der Waals surface area contributed by atoms with Crippen LogP contribution >= 0.6 is 11.8 Å². The monoisotopic (exact) mass is 450 g/mol. The summed E-state index contributed by atoms with van der Waals surface area (Å²) in [7, 11) is 0. The van der Waals surface area contributed by atoms with Crippen LogP contribution in [-0.4, -0.2) is 35.8 Å². The van der Waals surface area contributed by atoms with Crippen molar-refractivity contribution in [1.82, 2.24) is 19.7 Å². The lowest BCUT2D eigenvalue weighted by molar-refractivity contribution is -0.384. The number of aromatic nitrogens is 4. The van der Waals surface area contributed by atoms with Gasteiger partial charge in [0.25, 0.3) is 5.69 Å². The summed E-state index contributed by atoms with van der Waals surface area (Å²) in [6, 6.07) is 13.1. The minimum atomic E-state index is -0.546. The summed E-state index contributed by atoms with van der Waals surface area (Å²) in [6.45, 7) is 2.11. The molecule has 0 saturated heterocycles. The molecule has 0 saturated carbocycles. The first-order valence-corrected chi connectivity index (χ1v) is 10.5. The molecular formula is C21H18N6O4S. The van der Waals surface area contributed by atoms with Crippen LogP contribution in [0.15, 0.2) is 76.8 Å². The number of anilines is 1. The highest BCUT2D eigenvalue weighted by molar-refractivity contribution is 8.00. The highest BCUT2D eigenvalue weighted by atomic mass is 32.2. The van der Waals surface area contributed by atoms with Gasteiger partial charge in [0.05, 0.1) is 23.0 Å². The fourth-order valence-electron chi connectivity index (χ4n) is 2.94. The van der Waals surface area contributed by atoms with Gasteiger partial charge >= 0.3 is 0 Å². The predicted octanol–water partition coefficient (Wildman–Crippen LogP) is 4.01. The molecule has 32 heavy (non-hydrogen) atoms. The number of furan rings is 1. The van der Waals surface area contributed by atoms with E-state index in [0.717, 1.165) is 5.56 Å². The molecule has 1 N–H and O–H groups in total. The molecule has 1 unspecified atom stereocenters. The Morgan fingerprint density at radius 3 is 2.84 bits per heavy atom. The van der Waals surface area contributed by atoms with Crippen molar-refractivity contribution in [3.63, 3.8) is 0 Å². The van der Waals surface area contributed by atoms with Crippen LogP contribution in [-0.2, 0) is 11.3 Å². The van der Waals surface area contributed by atoms with Crippen molar-refractivity contribution >= 4 is 29.0 Å². The first-order chi connectivity index (χ1) is 15.5. The summed E-state index contributed by atoms with van der Waals surface area (Å²) in [4.78, 5) is 27.3. The maximum absolute atomic E-state index is 12.7. The van der Waals surface area contributed by atoms with E-state index in [0.29, 0.717) is 29.0 Å². The van der Waals surface area contributed by atoms with Crippen molar-refractivity contribution in [2.75, 3.05) is 5.32 Å². The van der Waals surface area contributed by atoms with Crippen LogP contribution in [0.1, 0.15) is 12.7 Å². The normalized spacial score (nSPS) is 11.8. The Morgan fingerprint density at radius 1 is 1.25 bits per heavy atom. The molecule has 0 aliphatic rings. The number of nitrogens with one attached hydrogen (secondary N) is 1. The van der Waals surface area contributed by atoms with Gasteiger partial charge in [-0.15, -0.1) is 10.2 Å². The molecule has 4 aromatic rings. The molecule has 0 aliphatic carbocycles. The molecule has 0 bridgehead atoms. The van der Waals surface area contributed by atoms with Crippen LogP contribution in [0.25, 0.3) is 11.4 Å². The van der Waals surface area contributed by atoms with E-state index >= 15 is 0 Å². The molecule has 4 rings (SSSR count). The van der Waals surface area contributed by atoms with Crippen LogP contribution in [0.4, 0.5) is 11.4 Å². The number of amides is 1. The molecule has 0 aliphatic heterocycles. The van der Waals surface area contributed by atoms with Crippen molar-refractivity contribution in [2.24, 2.45) is 0 Å². The zero-order valence-corrected chi connectivity index (χ0v) is 17.7. The van der Waals surface area contributed by atoms with E-state index < -0.39 is 10.2 Å². The third kappa shape index (κ3) is 4.83. The average molecular weight is 450 g/mol. The molecule has 0 spiro atoms. The summed E-state index contributed by atoms with van der Waals surface area (Å²) in [5.41, 5.74) is 1.04. The topological polar surface area (TPSA) is 129 Å². The number of non-ortho nitro benzene ring substituents is 1. The maximum Gasteiger partial charge on any atom is 0.271 e. The number of carbonyl (C=O) groups is 1. The molecule has 11 heteroatoms. The SMILES string of the molecule is CC(Sc1nnc(-c2cccnc2)n1Cc1ccco1)C(=O)Nc1cccc([N+](=O)[O-])c1. The number of nitro groups is 1. The van der Waals surface area contributed by atoms with Crippen LogP contribution in [0.5, 0.6) is 0 Å². The van der Waals surface area contributed by atoms with Gasteiger partial charge in [-0.2, -0.15) is 0 Å². The van der Waals surface area contributed by atoms with Crippen molar-refractivity contribution < 1.29 is 14.1 Å². The number of nitrogens with zero attached hydrogens (tertiary/aromatic N) is 5. The lowest BCUT2D eigenvalue weighted by atomic mass is 10.2. The van der Waals surface area contributed by atoms with Crippen LogP contribution in [0, 0.1) is 10.1 Å². The van der Waals surface area contributed by atoms with Crippen LogP contribution in [0.3, 0.4) is 0 Å². The van der Waals surface area contributed by atoms with Gasteiger partial charge < -0.3 is 9.73 Å². The fourth-order valence-corrected chi connectivity index (χ4v) is 3.79. The van der Waals surface area contributed by atoms with E-state index in [-0.39, 0.29) is 11.6 Å². The number of pyridine rings is 1. The standard InChI is InChI=1S/C21H18N6O4S/c1-14(20(28)23-16-6-2-7-17(11-16)27(29)30)32-21-25-24-19(15-5-3-9-22-12-15)26(21)13-18-8-4-10-31-18/h2-12,14H,13H2,1H3,(H,23,28). The first-order valence-electron chi connectivity index (χ1n) is 9.59. The van der Waals surface area contributed by atoms with Gasteiger partial charge in [0.2, 0.25) is 5.91 Å². The van der Waals surface area contributed by atoms with Gasteiger partial charge in [0.1, 0.15) is 5.76 Å². The zero-order valence-electron chi connectivity index (χ0n) is 16.9. The molecule has 1 aromatic carbocycles. The molecule has 3 heterocycles. The van der Waals surface area contributed by atoms with E-state index in [2.05, 4.69) is 20.5 Å². The summed E-state index contributed by atoms with van der Waals surface area (Å²) in [6.07, 6.45) is 4.95. The van der Waals surface area contributed by atoms with Crippen molar-refractivity contribution in [1.29, 1.82) is 0 Å². The minimum Gasteiger partial charge on any atom is -0.467 e. The smallest absolute Gasteiger partial charge is 0.271 e. The van der Waals surface area contributed by atoms with E-state index in [1.165, 1.54) is 30.0 Å². The van der Waals surface area contributed by atoms with Crippen molar-refractivity contribution in [3.8, 4) is 11.4 Å². The second kappa shape index (κ2) is 9.43. The van der Waals surface area contributed by atoms with E-state index in [9.17, 15) is 14.9 Å². The third-order valence-electron chi connectivity index (χ3n) is 4.51. The van der Waals surface area contributed by atoms with Crippen molar-refractivity contribution in [3.05, 3.63) is 83.1 Å². The number of nitro benzene ring substituents is 1. The Hall–Kier alpha value is -3.99. The first kappa shape index (κ1) is 21.2. The van der Waals surface area contributed by atoms with Gasteiger partial charge in [-0.3, -0.25) is 24.5 Å². The van der Waals surface area contributed by atoms with Crippen LogP contribution in [0.2, 0.25) is 0 Å². The number of hydrogen-bond acceptors (Lipinski definition) is 8. The largest absolute Gasteiger partial charge is 0.467 e. The Kier molecular flexibility index (Phi) is 6.26. The van der Waals surface area contributed by atoms with E-state index in [1.54, 1.807) is 37.7 Å². The number of benzene rings is 1. The molecular weight excluding hydrogens is 432 g/mol. The number of carbonyl (C=O) groups excluding carboxylic acids is 1. The third-order valence-corrected chi connectivity index (χ3v) is 5.59. The van der Waals surface area contributed by atoms with E-state index in [4.69, 9.17) is 4.42 Å². The zero-order chi connectivity index (χ0) is 22.5. The molecule has 1 atom stereocenters. The minimum absolute atomic E-state index is 0.0950. The summed E-state index contributed by atoms with van der Waals surface area (Å²) in [5.74, 6) is 1.000.